The summed E-state index contributed by atoms with van der Waals surface area (Å²) in [6.07, 6.45) is -2.67. The quantitative estimate of drug-likeness (QED) is 0.915. The molecule has 1 aromatic carbocycles. The Morgan fingerprint density at radius 3 is 2.44 bits per heavy atom. The Kier molecular flexibility index (Phi) is 3.18. The van der Waals surface area contributed by atoms with Gasteiger partial charge in [0.25, 0.3) is 6.43 Å². The number of nitrogens with two attached hydrogens (primary N) is 1. The van der Waals surface area contributed by atoms with E-state index in [1.807, 2.05) is 0 Å². The standard InChI is InChI=1S/C12H12F2N2O2/c1-17-6-3-8-11(10(4-6)18-2)7(15)5-9(16-8)12(13)14/h3-5,12H,1-2H3,(H2,15,16). The van der Waals surface area contributed by atoms with Gasteiger partial charge in [0, 0.05) is 17.8 Å². The van der Waals surface area contributed by atoms with Crippen molar-refractivity contribution in [1.82, 2.24) is 4.98 Å². The Bertz CT molecular complexity index is 588. The molecule has 0 radical (unpaired) electrons. The van der Waals surface area contributed by atoms with Crippen LogP contribution in [-0.2, 0) is 0 Å². The molecular formula is C12H12F2N2O2. The molecule has 2 aromatic rings. The van der Waals surface area contributed by atoms with Crippen LogP contribution in [0.15, 0.2) is 18.2 Å². The third kappa shape index (κ3) is 2.01. The molecule has 4 nitrogen and oxygen atoms in total. The molecule has 0 amide bonds. The molecule has 96 valence electrons. The molecule has 0 aliphatic heterocycles. The number of ether oxygens (including phenoxy) is 2. The number of alkyl halides is 2. The van der Waals surface area contributed by atoms with E-state index in [4.69, 9.17) is 15.2 Å². The van der Waals surface area contributed by atoms with Crippen molar-refractivity contribution in [1.29, 1.82) is 0 Å². The third-order valence-electron chi connectivity index (χ3n) is 2.58. The van der Waals surface area contributed by atoms with E-state index in [2.05, 4.69) is 4.98 Å². The molecule has 1 aromatic heterocycles. The van der Waals surface area contributed by atoms with Gasteiger partial charge in [-0.1, -0.05) is 0 Å². The van der Waals surface area contributed by atoms with Crippen LogP contribution >= 0.6 is 0 Å². The Morgan fingerprint density at radius 1 is 1.17 bits per heavy atom. The highest BCUT2D eigenvalue weighted by atomic mass is 19.3. The van der Waals surface area contributed by atoms with E-state index in [9.17, 15) is 8.78 Å². The zero-order valence-electron chi connectivity index (χ0n) is 9.91. The summed E-state index contributed by atoms with van der Waals surface area (Å²) in [5, 5.41) is 0.503. The topological polar surface area (TPSA) is 57.4 Å². The molecule has 18 heavy (non-hydrogen) atoms. The summed E-state index contributed by atoms with van der Waals surface area (Å²) < 4.78 is 35.5. The van der Waals surface area contributed by atoms with Crippen molar-refractivity contribution in [3.8, 4) is 11.5 Å². The predicted molar refractivity (Wildman–Crippen MR) is 64.2 cm³/mol. The molecule has 0 spiro atoms. The number of pyridine rings is 1. The number of aromatic nitrogens is 1. The van der Waals surface area contributed by atoms with Gasteiger partial charge in [-0.15, -0.1) is 0 Å². The first kappa shape index (κ1) is 12.3. The van der Waals surface area contributed by atoms with Crippen LogP contribution in [0, 0.1) is 0 Å². The van der Waals surface area contributed by atoms with Gasteiger partial charge in [0.2, 0.25) is 0 Å². The highest BCUT2D eigenvalue weighted by Crippen LogP contribution is 2.35. The molecule has 6 heteroatoms. The van der Waals surface area contributed by atoms with Crippen LogP contribution in [-0.4, -0.2) is 19.2 Å². The maximum atomic E-state index is 12.7. The number of hydrogen-bond acceptors (Lipinski definition) is 4. The molecule has 0 unspecified atom stereocenters. The van der Waals surface area contributed by atoms with E-state index in [1.165, 1.54) is 14.2 Å². The van der Waals surface area contributed by atoms with Gasteiger partial charge >= 0.3 is 0 Å². The Hall–Kier alpha value is -2.11. The highest BCUT2D eigenvalue weighted by molar-refractivity contribution is 5.96. The maximum absolute atomic E-state index is 12.7. The summed E-state index contributed by atoms with van der Waals surface area (Å²) in [6.45, 7) is 0. The molecule has 2 rings (SSSR count). The van der Waals surface area contributed by atoms with Crippen molar-refractivity contribution >= 4 is 16.6 Å². The van der Waals surface area contributed by atoms with Gasteiger partial charge in [-0.3, -0.25) is 0 Å². The average molecular weight is 254 g/mol. The van der Waals surface area contributed by atoms with Crippen LogP contribution in [0.3, 0.4) is 0 Å². The molecular weight excluding hydrogens is 242 g/mol. The number of methoxy groups -OCH3 is 2. The van der Waals surface area contributed by atoms with E-state index >= 15 is 0 Å². The second-order valence-corrected chi connectivity index (χ2v) is 3.66. The fourth-order valence-corrected chi connectivity index (χ4v) is 1.75. The summed E-state index contributed by atoms with van der Waals surface area (Å²) >= 11 is 0. The van der Waals surface area contributed by atoms with E-state index in [1.54, 1.807) is 12.1 Å². The number of halogens is 2. The van der Waals surface area contributed by atoms with Crippen LogP contribution in [0.1, 0.15) is 12.1 Å². The number of nitrogen functional groups attached to an aromatic ring is 1. The van der Waals surface area contributed by atoms with Gasteiger partial charge in [0.1, 0.15) is 17.2 Å². The number of hydrogen-bond donors (Lipinski definition) is 1. The minimum absolute atomic E-state index is 0.204. The first-order valence-corrected chi connectivity index (χ1v) is 5.17. The molecule has 0 bridgehead atoms. The van der Waals surface area contributed by atoms with Crippen LogP contribution in [0.5, 0.6) is 11.5 Å². The lowest BCUT2D eigenvalue weighted by atomic mass is 10.1. The van der Waals surface area contributed by atoms with Gasteiger partial charge in [-0.2, -0.15) is 0 Å². The largest absolute Gasteiger partial charge is 0.497 e. The minimum atomic E-state index is -2.67. The van der Waals surface area contributed by atoms with Crippen molar-refractivity contribution in [3.63, 3.8) is 0 Å². The number of fused-ring (bicyclic) bond motifs is 1. The SMILES string of the molecule is COc1cc(OC)c2c(N)cc(C(F)F)nc2c1. The summed E-state index contributed by atoms with van der Waals surface area (Å²) in [5.41, 5.74) is 5.93. The fraction of sp³-hybridized carbons (Fsp3) is 0.250. The normalized spacial score (nSPS) is 10.9. The van der Waals surface area contributed by atoms with E-state index in [0.717, 1.165) is 6.07 Å². The van der Waals surface area contributed by atoms with E-state index in [0.29, 0.717) is 22.4 Å². The zero-order valence-corrected chi connectivity index (χ0v) is 9.91. The fourth-order valence-electron chi connectivity index (χ4n) is 1.75. The summed E-state index contributed by atoms with van der Waals surface area (Å²) in [7, 11) is 2.94. The molecule has 1 heterocycles. The number of benzene rings is 1. The molecule has 0 fully saturated rings. The second kappa shape index (κ2) is 4.64. The van der Waals surface area contributed by atoms with Gasteiger partial charge < -0.3 is 15.2 Å². The van der Waals surface area contributed by atoms with Gasteiger partial charge in [0.15, 0.2) is 0 Å². The van der Waals surface area contributed by atoms with Crippen LogP contribution in [0.25, 0.3) is 10.9 Å². The average Bonchev–Trinajstić information content (AvgIpc) is 2.36. The summed E-state index contributed by atoms with van der Waals surface area (Å²) in [4.78, 5) is 3.86. The Balaban J connectivity index is 2.78. The lowest BCUT2D eigenvalue weighted by molar-refractivity contribution is 0.146. The van der Waals surface area contributed by atoms with Crippen LogP contribution < -0.4 is 15.2 Å². The first-order valence-electron chi connectivity index (χ1n) is 5.17. The van der Waals surface area contributed by atoms with E-state index in [-0.39, 0.29) is 11.4 Å². The van der Waals surface area contributed by atoms with Crippen molar-refractivity contribution in [2.75, 3.05) is 20.0 Å². The highest BCUT2D eigenvalue weighted by Gasteiger charge is 2.15. The first-order chi connectivity index (χ1) is 8.56. The zero-order chi connectivity index (χ0) is 13.3. The van der Waals surface area contributed by atoms with Gasteiger partial charge in [-0.05, 0) is 6.07 Å². The summed E-state index contributed by atoms with van der Waals surface area (Å²) in [6, 6.07) is 4.32. The molecule has 0 aliphatic rings. The number of rotatable bonds is 3. The minimum Gasteiger partial charge on any atom is -0.497 e. The van der Waals surface area contributed by atoms with Gasteiger partial charge in [0.05, 0.1) is 25.1 Å². The summed E-state index contributed by atoms with van der Waals surface area (Å²) in [5.74, 6) is 0.910. The van der Waals surface area contributed by atoms with Crippen molar-refractivity contribution in [2.45, 2.75) is 6.43 Å². The Morgan fingerprint density at radius 2 is 1.89 bits per heavy atom. The van der Waals surface area contributed by atoms with Crippen molar-refractivity contribution in [2.24, 2.45) is 0 Å². The van der Waals surface area contributed by atoms with Crippen LogP contribution in [0.2, 0.25) is 0 Å². The molecule has 0 saturated heterocycles. The Labute approximate surface area is 102 Å². The number of nitrogens with zero attached hydrogens (tertiary/aromatic N) is 1. The lowest BCUT2D eigenvalue weighted by Crippen LogP contribution is -1.99. The molecule has 0 atom stereocenters. The monoisotopic (exact) mass is 254 g/mol. The predicted octanol–water partition coefficient (Wildman–Crippen LogP) is 2.77. The second-order valence-electron chi connectivity index (χ2n) is 3.66. The van der Waals surface area contributed by atoms with Crippen molar-refractivity contribution in [3.05, 3.63) is 23.9 Å². The third-order valence-corrected chi connectivity index (χ3v) is 2.58. The van der Waals surface area contributed by atoms with Crippen molar-refractivity contribution < 1.29 is 18.3 Å². The van der Waals surface area contributed by atoms with E-state index < -0.39 is 6.43 Å². The van der Waals surface area contributed by atoms with Crippen LogP contribution in [0.4, 0.5) is 14.5 Å². The molecule has 2 N–H and O–H groups in total. The smallest absolute Gasteiger partial charge is 0.280 e. The lowest BCUT2D eigenvalue weighted by Gasteiger charge is -2.11. The maximum Gasteiger partial charge on any atom is 0.280 e. The number of anilines is 1. The molecule has 0 aliphatic carbocycles. The molecule has 0 saturated carbocycles. The van der Waals surface area contributed by atoms with Gasteiger partial charge in [-0.25, -0.2) is 13.8 Å².